The average molecular weight is 314 g/mol. The van der Waals surface area contributed by atoms with Gasteiger partial charge in [0.15, 0.2) is 6.10 Å². The fourth-order valence-electron chi connectivity index (χ4n) is 1.55. The van der Waals surface area contributed by atoms with E-state index in [1.807, 2.05) is 0 Å². The zero-order valence-electron chi connectivity index (χ0n) is 10.1. The summed E-state index contributed by atoms with van der Waals surface area (Å²) in [5.74, 6) is -1.71. The van der Waals surface area contributed by atoms with E-state index in [9.17, 15) is 24.4 Å². The second-order valence-electron chi connectivity index (χ2n) is 4.05. The predicted molar refractivity (Wildman–Crippen MR) is 60.9 cm³/mol. The molecule has 0 aromatic carbocycles. The molecule has 0 spiro atoms. The van der Waals surface area contributed by atoms with Crippen LogP contribution in [0.5, 0.6) is 0 Å². The van der Waals surface area contributed by atoms with E-state index in [0.29, 0.717) is 0 Å². The molecule has 0 aromatic rings. The summed E-state index contributed by atoms with van der Waals surface area (Å²) in [5, 5.41) is 21.2. The van der Waals surface area contributed by atoms with Crippen LogP contribution in [0.1, 0.15) is 0 Å². The Morgan fingerprint density at radius 1 is 1.30 bits per heavy atom. The largest absolute Gasteiger partial charge is 0.469 e. The number of aliphatic hydroxyl groups excluding tert-OH is 2. The standard InChI is InChI=1S/C8H15N2O9P/c9-4(11)1-10-8(14)7-6(13)5(12)3(19-7)2-18-20(15,16)17/h3,5-7,12-13H,1-2H2,(H2,9,11)(H,10,14)(H2,15,16,17)/t3-,5-,6-,7?/m1/s1. The van der Waals surface area contributed by atoms with Crippen LogP contribution >= 0.6 is 7.82 Å². The molecule has 20 heavy (non-hydrogen) atoms. The summed E-state index contributed by atoms with van der Waals surface area (Å²) in [4.78, 5) is 39.1. The van der Waals surface area contributed by atoms with Gasteiger partial charge in [-0.25, -0.2) is 4.57 Å². The first-order valence-electron chi connectivity index (χ1n) is 5.39. The minimum Gasteiger partial charge on any atom is -0.387 e. The van der Waals surface area contributed by atoms with Gasteiger partial charge in [0.2, 0.25) is 5.91 Å². The van der Waals surface area contributed by atoms with Crippen molar-refractivity contribution in [2.45, 2.75) is 24.4 Å². The van der Waals surface area contributed by atoms with Gasteiger partial charge in [-0.05, 0) is 0 Å². The second kappa shape index (κ2) is 6.59. The van der Waals surface area contributed by atoms with E-state index in [1.54, 1.807) is 0 Å². The van der Waals surface area contributed by atoms with Crippen LogP contribution in [-0.4, -0.2) is 69.4 Å². The quantitative estimate of drug-likeness (QED) is 0.267. The number of hydrogen-bond acceptors (Lipinski definition) is 7. The Hall–Kier alpha value is -1.07. The van der Waals surface area contributed by atoms with E-state index in [-0.39, 0.29) is 0 Å². The maximum Gasteiger partial charge on any atom is 0.469 e. The third-order valence-corrected chi connectivity index (χ3v) is 2.95. The highest BCUT2D eigenvalue weighted by Gasteiger charge is 2.46. The van der Waals surface area contributed by atoms with Crippen LogP contribution in [0, 0.1) is 0 Å². The molecular weight excluding hydrogens is 299 g/mol. The van der Waals surface area contributed by atoms with Gasteiger partial charge < -0.3 is 35.8 Å². The van der Waals surface area contributed by atoms with E-state index in [2.05, 4.69) is 9.84 Å². The minimum atomic E-state index is -4.77. The number of carbonyl (C=O) groups excluding carboxylic acids is 2. The summed E-state index contributed by atoms with van der Waals surface area (Å²) in [5.41, 5.74) is 4.81. The third-order valence-electron chi connectivity index (χ3n) is 2.46. The Morgan fingerprint density at radius 3 is 2.40 bits per heavy atom. The lowest BCUT2D eigenvalue weighted by Gasteiger charge is -2.14. The molecule has 0 radical (unpaired) electrons. The molecule has 0 saturated carbocycles. The van der Waals surface area contributed by atoms with Gasteiger partial charge in [-0.1, -0.05) is 0 Å². The first kappa shape index (κ1) is 17.0. The van der Waals surface area contributed by atoms with Crippen molar-refractivity contribution in [2.24, 2.45) is 5.73 Å². The molecule has 0 aliphatic carbocycles. The lowest BCUT2D eigenvalue weighted by atomic mass is 10.1. The average Bonchev–Trinajstić information content (AvgIpc) is 2.60. The van der Waals surface area contributed by atoms with Gasteiger partial charge in [0.1, 0.15) is 18.3 Å². The molecule has 2 amide bonds. The highest BCUT2D eigenvalue weighted by molar-refractivity contribution is 7.46. The number of hydrogen-bond donors (Lipinski definition) is 6. The Bertz CT molecular complexity index is 424. The lowest BCUT2D eigenvalue weighted by Crippen LogP contribution is -2.45. The normalized spacial score (nSPS) is 30.2. The molecule has 1 fully saturated rings. The van der Waals surface area contributed by atoms with E-state index in [0.717, 1.165) is 0 Å². The van der Waals surface area contributed by atoms with Crippen molar-refractivity contribution in [3.05, 3.63) is 0 Å². The molecule has 116 valence electrons. The van der Waals surface area contributed by atoms with Crippen molar-refractivity contribution in [3.63, 3.8) is 0 Å². The summed E-state index contributed by atoms with van der Waals surface area (Å²) in [6, 6.07) is 0. The fourth-order valence-corrected chi connectivity index (χ4v) is 1.89. The monoisotopic (exact) mass is 314 g/mol. The van der Waals surface area contributed by atoms with Crippen molar-refractivity contribution in [2.75, 3.05) is 13.2 Å². The highest BCUT2D eigenvalue weighted by Crippen LogP contribution is 2.37. The molecule has 0 aromatic heterocycles. The SMILES string of the molecule is NC(=O)CNC(=O)C1O[C@H](COP(=O)(O)O)[C@@H](O)[C@H]1O. The lowest BCUT2D eigenvalue weighted by molar-refractivity contribution is -0.137. The van der Waals surface area contributed by atoms with Crippen molar-refractivity contribution in [3.8, 4) is 0 Å². The van der Waals surface area contributed by atoms with Gasteiger partial charge in [-0.3, -0.25) is 14.1 Å². The van der Waals surface area contributed by atoms with E-state index in [4.69, 9.17) is 20.3 Å². The molecule has 1 aliphatic heterocycles. The number of phosphoric acid groups is 1. The van der Waals surface area contributed by atoms with Gasteiger partial charge >= 0.3 is 7.82 Å². The van der Waals surface area contributed by atoms with Gasteiger partial charge in [-0.2, -0.15) is 0 Å². The number of rotatable bonds is 6. The van der Waals surface area contributed by atoms with Gasteiger partial charge in [0.05, 0.1) is 13.2 Å². The van der Waals surface area contributed by atoms with Crippen molar-refractivity contribution in [1.29, 1.82) is 0 Å². The molecule has 1 unspecified atom stereocenters. The van der Waals surface area contributed by atoms with E-state index < -0.39 is 57.2 Å². The van der Waals surface area contributed by atoms with Crippen molar-refractivity contribution < 1.29 is 43.4 Å². The highest BCUT2D eigenvalue weighted by atomic mass is 31.2. The molecule has 1 saturated heterocycles. The van der Waals surface area contributed by atoms with E-state index >= 15 is 0 Å². The molecule has 1 heterocycles. The molecule has 1 aliphatic rings. The Morgan fingerprint density at radius 2 is 1.90 bits per heavy atom. The third kappa shape index (κ3) is 4.80. The van der Waals surface area contributed by atoms with E-state index in [1.165, 1.54) is 0 Å². The Kier molecular flexibility index (Phi) is 5.59. The molecule has 12 heteroatoms. The zero-order valence-corrected chi connectivity index (χ0v) is 11.0. The molecule has 11 nitrogen and oxygen atoms in total. The van der Waals surface area contributed by atoms with Crippen molar-refractivity contribution in [1.82, 2.24) is 5.32 Å². The number of carbonyl (C=O) groups is 2. The fraction of sp³-hybridized carbons (Fsp3) is 0.750. The Labute approximate surface area is 112 Å². The second-order valence-corrected chi connectivity index (χ2v) is 5.29. The maximum absolute atomic E-state index is 11.5. The molecule has 4 atom stereocenters. The molecular formula is C8H15N2O9P. The number of ether oxygens (including phenoxy) is 1. The Balaban J connectivity index is 2.57. The van der Waals surface area contributed by atoms with Crippen LogP contribution in [-0.2, 0) is 23.4 Å². The topological polar surface area (TPSA) is 189 Å². The van der Waals surface area contributed by atoms with Crippen LogP contribution in [0.15, 0.2) is 0 Å². The number of aliphatic hydroxyl groups is 2. The number of nitrogens with two attached hydrogens (primary N) is 1. The van der Waals surface area contributed by atoms with Gasteiger partial charge in [0, 0.05) is 0 Å². The number of primary amides is 1. The number of amides is 2. The maximum atomic E-state index is 11.5. The van der Waals surface area contributed by atoms with Crippen LogP contribution in [0.2, 0.25) is 0 Å². The minimum absolute atomic E-state index is 0.481. The van der Waals surface area contributed by atoms with Crippen LogP contribution in [0.4, 0.5) is 0 Å². The smallest absolute Gasteiger partial charge is 0.387 e. The summed E-state index contributed by atoms with van der Waals surface area (Å²) < 4.78 is 19.6. The zero-order chi connectivity index (χ0) is 15.5. The summed E-state index contributed by atoms with van der Waals surface area (Å²) in [7, 11) is -4.77. The first-order chi connectivity index (χ1) is 9.11. The predicted octanol–water partition coefficient (Wildman–Crippen LogP) is -3.81. The van der Waals surface area contributed by atoms with Crippen LogP contribution in [0.3, 0.4) is 0 Å². The summed E-state index contributed by atoms with van der Waals surface area (Å²) >= 11 is 0. The summed E-state index contributed by atoms with van der Waals surface area (Å²) in [6.45, 7) is -1.20. The van der Waals surface area contributed by atoms with Crippen molar-refractivity contribution >= 4 is 19.6 Å². The van der Waals surface area contributed by atoms with Gasteiger partial charge in [-0.15, -0.1) is 0 Å². The summed E-state index contributed by atoms with van der Waals surface area (Å²) in [6.07, 6.45) is -6.02. The number of nitrogens with one attached hydrogen (secondary N) is 1. The first-order valence-corrected chi connectivity index (χ1v) is 6.92. The van der Waals surface area contributed by atoms with Crippen LogP contribution < -0.4 is 11.1 Å². The molecule has 1 rings (SSSR count). The molecule has 7 N–H and O–H groups in total. The number of phosphoric ester groups is 1. The van der Waals surface area contributed by atoms with Gasteiger partial charge in [0.25, 0.3) is 5.91 Å². The molecule has 0 bridgehead atoms. The van der Waals surface area contributed by atoms with Crippen LogP contribution in [0.25, 0.3) is 0 Å².